The first-order chi connectivity index (χ1) is 14.2. The maximum absolute atomic E-state index is 12.7. The normalized spacial score (nSPS) is 11.6. The fourth-order valence-electron chi connectivity index (χ4n) is 2.93. The molecular formula is C22H23IN2O5. The molecule has 0 radical (unpaired) electrons. The monoisotopic (exact) mass is 522 g/mol. The minimum absolute atomic E-state index is 0.198. The van der Waals surface area contributed by atoms with Crippen molar-refractivity contribution in [1.29, 1.82) is 5.26 Å². The van der Waals surface area contributed by atoms with Crippen LogP contribution < -0.4 is 3.07 Å². The van der Waals surface area contributed by atoms with Crippen molar-refractivity contribution < 1.29 is 22.5 Å². The van der Waals surface area contributed by atoms with Gasteiger partial charge >= 0.3 is 5.97 Å². The van der Waals surface area contributed by atoms with Crippen LogP contribution in [0.2, 0.25) is 0 Å². The molecule has 1 N–H and O–H groups in total. The van der Waals surface area contributed by atoms with Gasteiger partial charge in [-0.05, 0) is 49.7 Å². The molecule has 0 spiro atoms. The Labute approximate surface area is 189 Å². The Kier molecular flexibility index (Phi) is 8.62. The van der Waals surface area contributed by atoms with E-state index >= 15 is 0 Å². The molecule has 0 bridgehead atoms. The van der Waals surface area contributed by atoms with E-state index in [9.17, 15) is 14.7 Å². The molecule has 1 atom stereocenters. The third-order valence-electron chi connectivity index (χ3n) is 4.36. The summed E-state index contributed by atoms with van der Waals surface area (Å²) in [6.45, 7) is 3.85. The summed E-state index contributed by atoms with van der Waals surface area (Å²) in [6.07, 6.45) is -0.962. The van der Waals surface area contributed by atoms with Crippen LogP contribution in [0.25, 0.3) is 0 Å². The van der Waals surface area contributed by atoms with E-state index in [1.165, 1.54) is 0 Å². The molecule has 1 unspecified atom stereocenters. The number of benzene rings is 2. The second-order valence-electron chi connectivity index (χ2n) is 7.09. The zero-order valence-corrected chi connectivity index (χ0v) is 19.1. The van der Waals surface area contributed by atoms with E-state index in [0.29, 0.717) is 16.9 Å². The summed E-state index contributed by atoms with van der Waals surface area (Å²) in [6, 6.07) is 13.8. The van der Waals surface area contributed by atoms with Crippen LogP contribution in [-0.2, 0) is 22.5 Å². The predicted molar refractivity (Wildman–Crippen MR) is 119 cm³/mol. The number of nitriles is 1. The molecule has 0 fully saturated rings. The highest BCUT2D eigenvalue weighted by molar-refractivity contribution is 14.1. The number of hydrogen-bond acceptors (Lipinski definition) is 5. The highest BCUT2D eigenvalue weighted by Crippen LogP contribution is 2.25. The summed E-state index contributed by atoms with van der Waals surface area (Å²) < 4.78 is 10.9. The lowest BCUT2D eigenvalue weighted by Gasteiger charge is -2.20. The van der Waals surface area contributed by atoms with Crippen LogP contribution in [0.5, 0.6) is 5.75 Å². The Bertz CT molecular complexity index is 938. The molecule has 8 heteroatoms. The average molecular weight is 522 g/mol. The smallest absolute Gasteiger partial charge is 0.333 e. The molecule has 158 valence electrons. The Morgan fingerprint density at radius 2 is 1.87 bits per heavy atom. The average Bonchev–Trinajstić information content (AvgIpc) is 2.72. The minimum Gasteiger partial charge on any atom is -0.479 e. The maximum Gasteiger partial charge on any atom is 0.333 e. The van der Waals surface area contributed by atoms with Gasteiger partial charge in [0.25, 0.3) is 5.91 Å². The van der Waals surface area contributed by atoms with E-state index in [-0.39, 0.29) is 25.0 Å². The van der Waals surface area contributed by atoms with Gasteiger partial charge in [-0.1, -0.05) is 12.1 Å². The fraction of sp³-hybridized carbons (Fsp3) is 0.318. The number of rotatable bonds is 9. The van der Waals surface area contributed by atoms with Gasteiger partial charge in [-0.2, -0.15) is 5.26 Å². The quantitative estimate of drug-likeness (QED) is 0.501. The second-order valence-corrected chi connectivity index (χ2v) is 7.53. The molecular weight excluding hydrogens is 499 g/mol. The number of carbonyl (C=O) groups excluding carboxylic acids is 1. The first kappa shape index (κ1) is 23.6. The molecule has 0 saturated carbocycles. The fourth-order valence-corrected chi connectivity index (χ4v) is 3.36. The largest absolute Gasteiger partial charge is 0.479 e. The van der Waals surface area contributed by atoms with Gasteiger partial charge in [0.1, 0.15) is 5.75 Å². The van der Waals surface area contributed by atoms with Crippen LogP contribution in [-0.4, -0.2) is 41.1 Å². The lowest BCUT2D eigenvalue weighted by atomic mass is 10.0. The van der Waals surface area contributed by atoms with Gasteiger partial charge in [-0.3, -0.25) is 4.79 Å². The lowest BCUT2D eigenvalue weighted by Crippen LogP contribution is -2.29. The van der Waals surface area contributed by atoms with E-state index in [4.69, 9.17) is 13.1 Å². The summed E-state index contributed by atoms with van der Waals surface area (Å²) in [4.78, 5) is 25.8. The van der Waals surface area contributed by atoms with E-state index in [0.717, 1.165) is 11.1 Å². The molecule has 1 amide bonds. The highest BCUT2D eigenvalue weighted by atomic mass is 127. The molecule has 0 aliphatic carbocycles. The van der Waals surface area contributed by atoms with Gasteiger partial charge in [-0.25, -0.2) is 4.79 Å². The number of carboxylic acid groups (broad SMARTS) is 1. The van der Waals surface area contributed by atoms with Crippen LogP contribution in [0, 0.1) is 11.3 Å². The molecule has 2 aromatic rings. The third-order valence-corrected chi connectivity index (χ3v) is 4.83. The zero-order chi connectivity index (χ0) is 22.3. The summed E-state index contributed by atoms with van der Waals surface area (Å²) in [7, 11) is 1.67. The molecule has 2 aromatic carbocycles. The third kappa shape index (κ3) is 6.43. The topological polar surface area (TPSA) is 99.9 Å². The SMILES string of the molecule is CC(C)OC(Cc1ccc(OI)c(CN(C)C(=O)c2ccc(C#N)cc2)c1)C(=O)O. The van der Waals surface area contributed by atoms with Crippen LogP contribution >= 0.6 is 23.0 Å². The van der Waals surface area contributed by atoms with Crippen LogP contribution in [0.4, 0.5) is 0 Å². The van der Waals surface area contributed by atoms with Gasteiger partial charge in [0.15, 0.2) is 29.1 Å². The number of amides is 1. The standard InChI is InChI=1S/C22H23IN2O5/c1-14(2)29-20(22(27)28)11-16-6-9-19(30-23)18(10-16)13-25(3)21(26)17-7-4-15(12-24)5-8-17/h4-10,14,20H,11,13H2,1-3H3,(H,27,28). The predicted octanol–water partition coefficient (Wildman–Crippen LogP) is 3.98. The van der Waals surface area contributed by atoms with Crippen molar-refractivity contribution in [2.45, 2.75) is 39.0 Å². The van der Waals surface area contributed by atoms with Crippen molar-refractivity contribution in [2.24, 2.45) is 0 Å². The Hall–Kier alpha value is -2.64. The highest BCUT2D eigenvalue weighted by Gasteiger charge is 2.21. The van der Waals surface area contributed by atoms with Crippen molar-refractivity contribution >= 4 is 34.9 Å². The number of ether oxygens (including phenoxy) is 1. The number of carboxylic acids is 1. The van der Waals surface area contributed by atoms with Crippen LogP contribution in [0.3, 0.4) is 0 Å². The van der Waals surface area contributed by atoms with Gasteiger partial charge in [-0.15, -0.1) is 0 Å². The Balaban J connectivity index is 2.20. The number of hydrogen-bond donors (Lipinski definition) is 1. The molecule has 0 aromatic heterocycles. The molecule has 2 rings (SSSR count). The zero-order valence-electron chi connectivity index (χ0n) is 17.0. The van der Waals surface area contributed by atoms with Crippen LogP contribution in [0.15, 0.2) is 42.5 Å². The molecule has 7 nitrogen and oxygen atoms in total. The molecule has 0 heterocycles. The van der Waals surface area contributed by atoms with Crippen molar-refractivity contribution in [2.75, 3.05) is 7.05 Å². The number of halogens is 1. The summed E-state index contributed by atoms with van der Waals surface area (Å²) in [5.41, 5.74) is 2.48. The van der Waals surface area contributed by atoms with E-state index in [1.54, 1.807) is 85.2 Å². The lowest BCUT2D eigenvalue weighted by molar-refractivity contribution is -0.153. The molecule has 30 heavy (non-hydrogen) atoms. The van der Waals surface area contributed by atoms with Gasteiger partial charge in [0.2, 0.25) is 0 Å². The van der Waals surface area contributed by atoms with E-state index in [2.05, 4.69) is 0 Å². The second kappa shape index (κ2) is 10.9. The maximum atomic E-state index is 12.7. The minimum atomic E-state index is -1.02. The van der Waals surface area contributed by atoms with E-state index < -0.39 is 12.1 Å². The first-order valence-corrected chi connectivity index (χ1v) is 10.2. The number of nitrogens with zero attached hydrogens (tertiary/aromatic N) is 2. The van der Waals surface area contributed by atoms with Gasteiger partial charge in [0.05, 0.1) is 17.7 Å². The summed E-state index contributed by atoms with van der Waals surface area (Å²) in [5.74, 6) is -0.626. The Morgan fingerprint density at radius 3 is 2.40 bits per heavy atom. The molecule has 0 aliphatic heterocycles. The number of aliphatic carboxylic acids is 1. The van der Waals surface area contributed by atoms with Gasteiger partial charge < -0.3 is 17.8 Å². The first-order valence-electron chi connectivity index (χ1n) is 9.29. The van der Waals surface area contributed by atoms with Gasteiger partial charge in [0, 0.05) is 31.1 Å². The van der Waals surface area contributed by atoms with Crippen molar-refractivity contribution in [3.8, 4) is 11.8 Å². The van der Waals surface area contributed by atoms with E-state index in [1.807, 2.05) is 12.1 Å². The Morgan fingerprint density at radius 1 is 1.20 bits per heavy atom. The molecule has 0 saturated heterocycles. The van der Waals surface area contributed by atoms with Crippen LogP contribution in [0.1, 0.15) is 40.9 Å². The number of carbonyl (C=O) groups is 2. The molecule has 0 aliphatic rings. The van der Waals surface area contributed by atoms with Crippen molar-refractivity contribution in [1.82, 2.24) is 4.90 Å². The summed E-state index contributed by atoms with van der Waals surface area (Å²) >= 11 is 1.77. The van der Waals surface area contributed by atoms with Crippen molar-refractivity contribution in [3.05, 3.63) is 64.7 Å². The summed E-state index contributed by atoms with van der Waals surface area (Å²) in [5, 5.41) is 18.3. The van der Waals surface area contributed by atoms with Crippen molar-refractivity contribution in [3.63, 3.8) is 0 Å².